The number of carbonyl (C=O) groups is 2. The highest BCUT2D eigenvalue weighted by Gasteiger charge is 2.39. The topological polar surface area (TPSA) is 67.9 Å². The van der Waals surface area contributed by atoms with E-state index < -0.39 is 11.4 Å². The van der Waals surface area contributed by atoms with Crippen molar-refractivity contribution in [2.75, 3.05) is 24.4 Å². The Hall–Kier alpha value is -2.52. The number of hydrogen-bond donors (Lipinski definition) is 1. The first kappa shape index (κ1) is 23.6. The molecule has 0 fully saturated rings. The van der Waals surface area contributed by atoms with Crippen molar-refractivity contribution in [2.45, 2.75) is 37.7 Å². The molecule has 2 aromatic rings. The van der Waals surface area contributed by atoms with Gasteiger partial charge in [0, 0.05) is 28.1 Å². The SMILES string of the molecule is COc1cc(F)ccc1-c1ccc2c(c1COC(=O)C1CC=C(Br)S1)N(C)C(=O)C(C)(C)N2. The van der Waals surface area contributed by atoms with Crippen LogP contribution >= 0.6 is 27.7 Å². The highest BCUT2D eigenvalue weighted by Crippen LogP contribution is 2.44. The molecule has 174 valence electrons. The van der Waals surface area contributed by atoms with E-state index in [1.807, 2.05) is 32.1 Å². The average molecular weight is 535 g/mol. The summed E-state index contributed by atoms with van der Waals surface area (Å²) in [7, 11) is 3.17. The summed E-state index contributed by atoms with van der Waals surface area (Å²) in [5, 5.41) is 2.96. The number of anilines is 2. The zero-order chi connectivity index (χ0) is 23.9. The van der Waals surface area contributed by atoms with E-state index in [-0.39, 0.29) is 23.7 Å². The quantitative estimate of drug-likeness (QED) is 0.514. The summed E-state index contributed by atoms with van der Waals surface area (Å²) < 4.78 is 25.9. The number of rotatable bonds is 5. The Balaban J connectivity index is 1.79. The highest BCUT2D eigenvalue weighted by atomic mass is 79.9. The molecule has 0 spiro atoms. The summed E-state index contributed by atoms with van der Waals surface area (Å²) in [5.41, 5.74) is 2.55. The van der Waals surface area contributed by atoms with Gasteiger partial charge in [-0.15, -0.1) is 11.8 Å². The second kappa shape index (κ2) is 9.02. The first-order chi connectivity index (χ1) is 15.6. The van der Waals surface area contributed by atoms with Gasteiger partial charge in [0.25, 0.3) is 5.91 Å². The molecular formula is C24H24BrFN2O4S. The Morgan fingerprint density at radius 2 is 2.03 bits per heavy atom. The van der Waals surface area contributed by atoms with E-state index in [9.17, 15) is 14.0 Å². The molecule has 0 bridgehead atoms. The maximum Gasteiger partial charge on any atom is 0.320 e. The Kier molecular flexibility index (Phi) is 6.46. The summed E-state index contributed by atoms with van der Waals surface area (Å²) in [4.78, 5) is 27.3. The minimum Gasteiger partial charge on any atom is -0.496 e. The van der Waals surface area contributed by atoms with Crippen LogP contribution in [0.5, 0.6) is 5.75 Å². The molecule has 2 heterocycles. The monoisotopic (exact) mass is 534 g/mol. The third-order valence-electron chi connectivity index (χ3n) is 5.73. The van der Waals surface area contributed by atoms with Gasteiger partial charge in [0.1, 0.15) is 29.0 Å². The molecule has 9 heteroatoms. The molecule has 33 heavy (non-hydrogen) atoms. The van der Waals surface area contributed by atoms with Crippen LogP contribution in [0.3, 0.4) is 0 Å². The molecule has 0 radical (unpaired) electrons. The van der Waals surface area contributed by atoms with Crippen molar-refractivity contribution in [3.8, 4) is 16.9 Å². The van der Waals surface area contributed by atoms with Crippen LogP contribution in [0.25, 0.3) is 11.1 Å². The van der Waals surface area contributed by atoms with E-state index in [2.05, 4.69) is 21.2 Å². The van der Waals surface area contributed by atoms with Crippen molar-refractivity contribution in [1.29, 1.82) is 0 Å². The van der Waals surface area contributed by atoms with Crippen LogP contribution < -0.4 is 15.0 Å². The Labute approximate surface area is 204 Å². The first-order valence-corrected chi connectivity index (χ1v) is 12.0. The fourth-order valence-electron chi connectivity index (χ4n) is 4.13. The summed E-state index contributed by atoms with van der Waals surface area (Å²) in [6, 6.07) is 8.02. The predicted octanol–water partition coefficient (Wildman–Crippen LogP) is 5.45. The lowest BCUT2D eigenvalue weighted by molar-refractivity contribution is -0.144. The maximum absolute atomic E-state index is 13.9. The molecule has 0 aliphatic carbocycles. The normalized spacial score (nSPS) is 19.0. The van der Waals surface area contributed by atoms with Crippen molar-refractivity contribution in [3.05, 3.63) is 51.6 Å². The molecule has 1 N–H and O–H groups in total. The van der Waals surface area contributed by atoms with Gasteiger partial charge in [0.2, 0.25) is 0 Å². The maximum atomic E-state index is 13.9. The zero-order valence-electron chi connectivity index (χ0n) is 18.7. The molecule has 4 rings (SSSR count). The van der Waals surface area contributed by atoms with E-state index >= 15 is 0 Å². The number of ether oxygens (including phenoxy) is 2. The summed E-state index contributed by atoms with van der Waals surface area (Å²) >= 11 is 4.81. The fraction of sp³-hybridized carbons (Fsp3) is 0.333. The summed E-state index contributed by atoms with van der Waals surface area (Å²) in [5.74, 6) is -0.530. The Morgan fingerprint density at radius 1 is 1.30 bits per heavy atom. The van der Waals surface area contributed by atoms with Gasteiger partial charge in [0.15, 0.2) is 0 Å². The zero-order valence-corrected chi connectivity index (χ0v) is 21.1. The van der Waals surface area contributed by atoms with Crippen molar-refractivity contribution in [1.82, 2.24) is 0 Å². The van der Waals surface area contributed by atoms with Crippen molar-refractivity contribution < 1.29 is 23.5 Å². The number of allylic oxidation sites excluding steroid dienone is 1. The van der Waals surface area contributed by atoms with Gasteiger partial charge in [-0.25, -0.2) is 4.39 Å². The second-order valence-electron chi connectivity index (χ2n) is 8.40. The van der Waals surface area contributed by atoms with Gasteiger partial charge in [-0.05, 0) is 60.0 Å². The summed E-state index contributed by atoms with van der Waals surface area (Å²) in [6.45, 7) is 3.58. The average Bonchev–Trinajstić information content (AvgIpc) is 3.22. The Bertz CT molecular complexity index is 1170. The fourth-order valence-corrected chi connectivity index (χ4v) is 5.81. The number of hydrogen-bond acceptors (Lipinski definition) is 6. The number of thioether (sulfide) groups is 1. The lowest BCUT2D eigenvalue weighted by Crippen LogP contribution is -2.52. The highest BCUT2D eigenvalue weighted by molar-refractivity contribution is 9.14. The van der Waals surface area contributed by atoms with E-state index in [1.165, 1.54) is 31.0 Å². The molecule has 1 atom stereocenters. The minimum absolute atomic E-state index is 0.0493. The van der Waals surface area contributed by atoms with E-state index in [0.717, 1.165) is 9.50 Å². The number of benzene rings is 2. The number of carbonyl (C=O) groups excluding carboxylic acids is 2. The number of nitrogens with zero attached hydrogens (tertiary/aromatic N) is 1. The molecule has 0 saturated heterocycles. The van der Waals surface area contributed by atoms with Gasteiger partial charge >= 0.3 is 5.97 Å². The van der Waals surface area contributed by atoms with Crippen molar-refractivity contribution in [3.63, 3.8) is 0 Å². The molecule has 6 nitrogen and oxygen atoms in total. The number of methoxy groups -OCH3 is 1. The smallest absolute Gasteiger partial charge is 0.320 e. The molecule has 0 aromatic heterocycles. The largest absolute Gasteiger partial charge is 0.496 e. The van der Waals surface area contributed by atoms with Crippen molar-refractivity contribution >= 4 is 50.9 Å². The Morgan fingerprint density at radius 3 is 2.70 bits per heavy atom. The number of fused-ring (bicyclic) bond motifs is 1. The molecule has 2 aliphatic heterocycles. The van der Waals surface area contributed by atoms with Crippen molar-refractivity contribution in [2.24, 2.45) is 0 Å². The predicted molar refractivity (Wildman–Crippen MR) is 132 cm³/mol. The van der Waals surface area contributed by atoms with Crippen LogP contribution in [0.15, 0.2) is 40.2 Å². The van der Waals surface area contributed by atoms with Gasteiger partial charge in [-0.2, -0.15) is 0 Å². The van der Waals surface area contributed by atoms with Gasteiger partial charge < -0.3 is 19.7 Å². The minimum atomic E-state index is -0.788. The van der Waals surface area contributed by atoms with Gasteiger partial charge in [-0.3, -0.25) is 9.59 Å². The van der Waals surface area contributed by atoms with Crippen LogP contribution in [0.4, 0.5) is 15.8 Å². The molecule has 1 amide bonds. The van der Waals surface area contributed by atoms with Crippen LogP contribution in [-0.2, 0) is 20.9 Å². The third kappa shape index (κ3) is 4.48. The van der Waals surface area contributed by atoms with E-state index in [1.54, 1.807) is 18.0 Å². The lowest BCUT2D eigenvalue weighted by atomic mass is 9.92. The number of halogens is 2. The molecule has 2 aliphatic rings. The standard InChI is InChI=1S/C24H24BrFN2O4S/c1-24(2)23(30)28(3)21-16(12-32-22(29)19-9-10-20(25)33-19)14(7-8-17(21)27-24)15-6-5-13(26)11-18(15)31-4/h5-8,10-11,19,27H,9,12H2,1-4H3. The molecule has 1 unspecified atom stereocenters. The molecule has 2 aromatic carbocycles. The molecule has 0 saturated carbocycles. The lowest BCUT2D eigenvalue weighted by Gasteiger charge is -2.39. The number of nitrogens with one attached hydrogen (secondary N) is 1. The van der Waals surface area contributed by atoms with Gasteiger partial charge in [0.05, 0.1) is 18.5 Å². The van der Waals surface area contributed by atoms with E-state index in [0.29, 0.717) is 34.5 Å². The third-order valence-corrected chi connectivity index (χ3v) is 7.67. The van der Waals surface area contributed by atoms with Crippen LogP contribution in [0.2, 0.25) is 0 Å². The second-order valence-corrected chi connectivity index (χ2v) is 11.0. The van der Waals surface area contributed by atoms with Crippen LogP contribution in [0, 0.1) is 5.82 Å². The summed E-state index contributed by atoms with van der Waals surface area (Å²) in [6.07, 6.45) is 2.53. The number of likely N-dealkylation sites (N-methyl/N-ethyl adjacent to an activating group) is 1. The van der Waals surface area contributed by atoms with E-state index in [4.69, 9.17) is 9.47 Å². The van der Waals surface area contributed by atoms with Crippen LogP contribution in [-0.4, -0.2) is 36.8 Å². The number of esters is 1. The van der Waals surface area contributed by atoms with Gasteiger partial charge in [-0.1, -0.05) is 12.1 Å². The number of amides is 1. The first-order valence-electron chi connectivity index (χ1n) is 10.4. The van der Waals surface area contributed by atoms with Crippen LogP contribution in [0.1, 0.15) is 25.8 Å². The molecular weight excluding hydrogens is 511 g/mol.